The Balaban J connectivity index is 1.97. The summed E-state index contributed by atoms with van der Waals surface area (Å²) in [4.78, 5) is 30.1. The van der Waals surface area contributed by atoms with Gasteiger partial charge in [0.2, 0.25) is 0 Å². The predicted molar refractivity (Wildman–Crippen MR) is 161 cm³/mol. The van der Waals surface area contributed by atoms with Gasteiger partial charge in [0.15, 0.2) is 11.9 Å². The Morgan fingerprint density at radius 3 is 2.60 bits per heavy atom. The number of aliphatic carboxylic acids is 1. The smallest absolute Gasteiger partial charge is 0.344 e. The minimum Gasteiger partial charge on any atom is -0.494 e. The van der Waals surface area contributed by atoms with Gasteiger partial charge in [-0.1, -0.05) is 37.6 Å². The fourth-order valence-electron chi connectivity index (χ4n) is 4.22. The number of aromatic nitrogens is 2. The van der Waals surface area contributed by atoms with E-state index in [0.29, 0.717) is 38.4 Å². The zero-order valence-corrected chi connectivity index (χ0v) is 25.1. The molecule has 0 saturated carbocycles. The molecule has 0 saturated heterocycles. The van der Waals surface area contributed by atoms with Crippen molar-refractivity contribution in [2.45, 2.75) is 46.6 Å². The molecule has 0 fully saturated rings. The number of ether oxygens (including phenoxy) is 2. The third-order valence-electron chi connectivity index (χ3n) is 6.27. The molecule has 1 heterocycles. The third-order valence-corrected chi connectivity index (χ3v) is 7.07. The highest BCUT2D eigenvalue weighted by Gasteiger charge is 2.20. The molecule has 4 aromatic rings. The minimum atomic E-state index is -1.13. The highest BCUT2D eigenvalue weighted by Crippen LogP contribution is 2.35. The highest BCUT2D eigenvalue weighted by atomic mass is 79.9. The first-order valence-corrected chi connectivity index (χ1v) is 13.9. The quantitative estimate of drug-likeness (QED) is 0.200. The molecule has 0 aliphatic heterocycles. The number of hydrogen-bond acceptors (Lipinski definition) is 6. The molecule has 3 aromatic carbocycles. The largest absolute Gasteiger partial charge is 0.494 e. The van der Waals surface area contributed by atoms with E-state index in [9.17, 15) is 14.7 Å². The van der Waals surface area contributed by atoms with Crippen LogP contribution in [0.2, 0.25) is 5.02 Å². The summed E-state index contributed by atoms with van der Waals surface area (Å²) >= 11 is 9.69. The van der Waals surface area contributed by atoms with Crippen LogP contribution in [-0.2, 0) is 4.79 Å². The van der Waals surface area contributed by atoms with E-state index in [-0.39, 0.29) is 17.2 Å². The van der Waals surface area contributed by atoms with Gasteiger partial charge < -0.3 is 14.6 Å². The van der Waals surface area contributed by atoms with Crippen molar-refractivity contribution in [1.29, 1.82) is 0 Å². The molecule has 0 amide bonds. The van der Waals surface area contributed by atoms with Gasteiger partial charge in [-0.05, 0) is 90.1 Å². The topological polar surface area (TPSA) is 103 Å². The number of para-hydroxylation sites is 1. The maximum absolute atomic E-state index is 13.8. The standard InChI is InChI=1S/C30H29BrClN3O5/c1-6-39-26-11-17(4)23(14-22(26)16(2)3)28-34-25-10-8-7-9-21(25)29(36)35(28)33-15-19-12-20(32)13-24(31)27(19)40-18(5)30(37)38/h7-16,18H,6H2,1-5H3,(H,37,38)/t18-/m1/s1. The van der Waals surface area contributed by atoms with Gasteiger partial charge in [-0.3, -0.25) is 4.79 Å². The van der Waals surface area contributed by atoms with Gasteiger partial charge in [-0.15, -0.1) is 0 Å². The molecule has 1 aromatic heterocycles. The second kappa shape index (κ2) is 12.2. The number of carboxylic acid groups (broad SMARTS) is 1. The highest BCUT2D eigenvalue weighted by molar-refractivity contribution is 9.10. The van der Waals surface area contributed by atoms with Gasteiger partial charge >= 0.3 is 5.97 Å². The van der Waals surface area contributed by atoms with Crippen molar-refractivity contribution >= 4 is 50.6 Å². The molecule has 1 N–H and O–H groups in total. The first-order valence-electron chi connectivity index (χ1n) is 12.7. The van der Waals surface area contributed by atoms with E-state index >= 15 is 0 Å². The van der Waals surface area contributed by atoms with E-state index in [1.807, 2.05) is 32.0 Å². The lowest BCUT2D eigenvalue weighted by Crippen LogP contribution is -2.24. The van der Waals surface area contributed by atoms with E-state index in [4.69, 9.17) is 26.1 Å². The summed E-state index contributed by atoms with van der Waals surface area (Å²) in [6, 6.07) is 14.2. The summed E-state index contributed by atoms with van der Waals surface area (Å²) < 4.78 is 13.3. The van der Waals surface area contributed by atoms with Crippen LogP contribution >= 0.6 is 27.5 Å². The average molecular weight is 627 g/mol. The summed E-state index contributed by atoms with van der Waals surface area (Å²) in [5.41, 5.74) is 3.14. The number of benzene rings is 3. The Labute approximate surface area is 245 Å². The molecule has 8 nitrogen and oxygen atoms in total. The van der Waals surface area contributed by atoms with Crippen LogP contribution < -0.4 is 15.0 Å². The van der Waals surface area contributed by atoms with Crippen LogP contribution in [0.15, 0.2) is 62.9 Å². The second-order valence-corrected chi connectivity index (χ2v) is 10.8. The number of hydrogen-bond donors (Lipinski definition) is 1. The van der Waals surface area contributed by atoms with Crippen molar-refractivity contribution < 1.29 is 19.4 Å². The number of aryl methyl sites for hydroxylation is 1. The van der Waals surface area contributed by atoms with Gasteiger partial charge in [0, 0.05) is 16.1 Å². The molecule has 1 atom stereocenters. The SMILES string of the molecule is CCOc1cc(C)c(-c2nc3ccccc3c(=O)n2N=Cc2cc(Cl)cc(Br)c2O[C@H](C)C(=O)O)cc1C(C)C. The van der Waals surface area contributed by atoms with Crippen molar-refractivity contribution in [1.82, 2.24) is 9.66 Å². The second-order valence-electron chi connectivity index (χ2n) is 9.51. The zero-order chi connectivity index (χ0) is 29.1. The van der Waals surface area contributed by atoms with Crippen molar-refractivity contribution in [3.8, 4) is 22.9 Å². The van der Waals surface area contributed by atoms with Crippen LogP contribution in [0.1, 0.15) is 50.3 Å². The minimum absolute atomic E-state index is 0.157. The summed E-state index contributed by atoms with van der Waals surface area (Å²) in [6.07, 6.45) is 0.279. The van der Waals surface area contributed by atoms with Crippen LogP contribution in [0.4, 0.5) is 0 Å². The Bertz CT molecular complexity index is 1680. The Hall–Kier alpha value is -3.69. The Morgan fingerprint density at radius 2 is 1.93 bits per heavy atom. The lowest BCUT2D eigenvalue weighted by Gasteiger charge is -2.18. The summed E-state index contributed by atoms with van der Waals surface area (Å²) in [5.74, 6) is 0.393. The lowest BCUT2D eigenvalue weighted by molar-refractivity contribution is -0.144. The number of nitrogens with zero attached hydrogens (tertiary/aromatic N) is 3. The van der Waals surface area contributed by atoms with Crippen molar-refractivity contribution in [2.24, 2.45) is 5.10 Å². The van der Waals surface area contributed by atoms with Crippen LogP contribution in [-0.4, -0.2) is 39.7 Å². The molecule has 0 bridgehead atoms. The fourth-order valence-corrected chi connectivity index (χ4v) is 5.15. The summed E-state index contributed by atoms with van der Waals surface area (Å²) in [6.45, 7) is 9.97. The Morgan fingerprint density at radius 1 is 1.20 bits per heavy atom. The molecule has 10 heteroatoms. The molecule has 0 spiro atoms. The first-order chi connectivity index (χ1) is 19.0. The maximum atomic E-state index is 13.8. The molecule has 4 rings (SSSR count). The number of carboxylic acids is 1. The molecule has 40 heavy (non-hydrogen) atoms. The van der Waals surface area contributed by atoms with E-state index in [1.54, 1.807) is 30.3 Å². The Kier molecular flexibility index (Phi) is 8.95. The van der Waals surface area contributed by atoms with Crippen molar-refractivity contribution in [3.63, 3.8) is 0 Å². The number of fused-ring (bicyclic) bond motifs is 1. The van der Waals surface area contributed by atoms with Crippen LogP contribution in [0.5, 0.6) is 11.5 Å². The third kappa shape index (κ3) is 6.05. The fraction of sp³-hybridized carbons (Fsp3) is 0.267. The molecule has 0 aliphatic rings. The van der Waals surface area contributed by atoms with Gasteiger partial charge in [0.05, 0.1) is 28.2 Å². The molecule has 208 valence electrons. The predicted octanol–water partition coefficient (Wildman–Crippen LogP) is 7.04. The van der Waals surface area contributed by atoms with Gasteiger partial charge in [-0.2, -0.15) is 9.78 Å². The molecule has 0 unspecified atom stereocenters. The van der Waals surface area contributed by atoms with Crippen molar-refractivity contribution in [2.75, 3.05) is 6.61 Å². The maximum Gasteiger partial charge on any atom is 0.344 e. The van der Waals surface area contributed by atoms with Gasteiger partial charge in [0.1, 0.15) is 11.5 Å². The number of carbonyl (C=O) groups is 1. The van der Waals surface area contributed by atoms with Gasteiger partial charge in [0.25, 0.3) is 5.56 Å². The van der Waals surface area contributed by atoms with Crippen molar-refractivity contribution in [3.05, 3.63) is 85.1 Å². The number of halogens is 2. The lowest BCUT2D eigenvalue weighted by atomic mass is 9.96. The van der Waals surface area contributed by atoms with E-state index in [1.165, 1.54) is 17.8 Å². The molecular formula is C30H29BrClN3O5. The van der Waals surface area contributed by atoms with Crippen LogP contribution in [0.25, 0.3) is 22.3 Å². The zero-order valence-electron chi connectivity index (χ0n) is 22.7. The van der Waals surface area contributed by atoms with Crippen LogP contribution in [0, 0.1) is 6.92 Å². The molecular weight excluding hydrogens is 598 g/mol. The normalized spacial score (nSPS) is 12.3. The first kappa shape index (κ1) is 29.3. The number of rotatable bonds is 9. The molecule has 0 radical (unpaired) electrons. The van der Waals surface area contributed by atoms with E-state index < -0.39 is 12.1 Å². The summed E-state index contributed by atoms with van der Waals surface area (Å²) in [5, 5.41) is 14.7. The summed E-state index contributed by atoms with van der Waals surface area (Å²) in [7, 11) is 0. The average Bonchev–Trinajstić information content (AvgIpc) is 2.89. The van der Waals surface area contributed by atoms with E-state index in [2.05, 4.69) is 34.9 Å². The molecule has 0 aliphatic carbocycles. The monoisotopic (exact) mass is 625 g/mol. The van der Waals surface area contributed by atoms with Crippen LogP contribution in [0.3, 0.4) is 0 Å². The van der Waals surface area contributed by atoms with E-state index in [0.717, 1.165) is 22.4 Å². The van der Waals surface area contributed by atoms with Gasteiger partial charge in [-0.25, -0.2) is 9.78 Å².